The minimum Gasteiger partial charge on any atom is -0.451 e. The lowest BCUT2D eigenvalue weighted by Crippen LogP contribution is -2.49. The number of esters is 1. The number of aryl methyl sites for hydroxylation is 2. The number of nitrogens with zero attached hydrogens (tertiary/aromatic N) is 2. The lowest BCUT2D eigenvalue weighted by molar-refractivity contribution is -0.151. The van der Waals surface area contributed by atoms with Crippen LogP contribution in [0.15, 0.2) is 109 Å². The summed E-state index contributed by atoms with van der Waals surface area (Å²) in [6, 6.07) is 31.2. The van der Waals surface area contributed by atoms with E-state index in [9.17, 15) is 14.4 Å². The van der Waals surface area contributed by atoms with Crippen LogP contribution < -0.4 is 9.80 Å². The molecule has 208 valence electrons. The summed E-state index contributed by atoms with van der Waals surface area (Å²) in [5, 5.41) is 0. The van der Waals surface area contributed by atoms with Crippen LogP contribution in [0.3, 0.4) is 0 Å². The van der Waals surface area contributed by atoms with Crippen molar-refractivity contribution in [2.45, 2.75) is 32.0 Å². The largest absolute Gasteiger partial charge is 0.451 e. The van der Waals surface area contributed by atoms with E-state index in [1.165, 1.54) is 4.90 Å². The zero-order valence-corrected chi connectivity index (χ0v) is 23.4. The van der Waals surface area contributed by atoms with Gasteiger partial charge >= 0.3 is 5.97 Å². The molecule has 3 aliphatic rings. The van der Waals surface area contributed by atoms with Crippen molar-refractivity contribution in [3.63, 3.8) is 0 Å². The molecule has 0 unspecified atom stereocenters. The van der Waals surface area contributed by atoms with E-state index in [-0.39, 0.29) is 11.8 Å². The Labute approximate surface area is 244 Å². The van der Waals surface area contributed by atoms with Gasteiger partial charge in [-0.2, -0.15) is 0 Å². The van der Waals surface area contributed by atoms with Crippen LogP contribution in [0.5, 0.6) is 0 Å². The van der Waals surface area contributed by atoms with E-state index in [0.717, 1.165) is 33.5 Å². The molecule has 2 fully saturated rings. The molecule has 4 aromatic rings. The number of hydrogen-bond acceptors (Lipinski definition) is 5. The van der Waals surface area contributed by atoms with Crippen LogP contribution in [0.2, 0.25) is 0 Å². The Balaban J connectivity index is 1.32. The first kappa shape index (κ1) is 26.0. The highest BCUT2D eigenvalue weighted by molar-refractivity contribution is 6.25. The first-order chi connectivity index (χ1) is 20.4. The predicted molar refractivity (Wildman–Crippen MR) is 162 cm³/mol. The van der Waals surface area contributed by atoms with Crippen molar-refractivity contribution < 1.29 is 19.1 Å². The smallest absolute Gasteiger partial charge is 0.330 e. The quantitative estimate of drug-likeness (QED) is 0.223. The fourth-order valence-corrected chi connectivity index (χ4v) is 6.85. The average Bonchev–Trinajstić information content (AvgIpc) is 3.49. The van der Waals surface area contributed by atoms with Crippen LogP contribution in [0.25, 0.3) is 6.08 Å². The van der Waals surface area contributed by atoms with Crippen molar-refractivity contribution in [3.05, 3.63) is 137 Å². The molecule has 0 bridgehead atoms. The number of imide groups is 1. The number of ether oxygens (including phenoxy) is 1. The summed E-state index contributed by atoms with van der Waals surface area (Å²) < 4.78 is 6.36. The van der Waals surface area contributed by atoms with Crippen LogP contribution in [-0.2, 0) is 19.1 Å². The van der Waals surface area contributed by atoms with Gasteiger partial charge in [0.2, 0.25) is 11.8 Å². The van der Waals surface area contributed by atoms with E-state index in [2.05, 4.69) is 0 Å². The molecular weight excluding hydrogens is 524 g/mol. The van der Waals surface area contributed by atoms with Crippen molar-refractivity contribution in [3.8, 4) is 0 Å². The van der Waals surface area contributed by atoms with Gasteiger partial charge in [0.25, 0.3) is 0 Å². The molecule has 0 aliphatic carbocycles. The fraction of sp³-hybridized carbons (Fsp3) is 0.194. The summed E-state index contributed by atoms with van der Waals surface area (Å²) in [5.74, 6) is -2.78. The molecular formula is C36H30N2O4. The zero-order chi connectivity index (χ0) is 29.0. The van der Waals surface area contributed by atoms with Crippen molar-refractivity contribution in [1.82, 2.24) is 0 Å². The van der Waals surface area contributed by atoms with Crippen molar-refractivity contribution in [2.75, 3.05) is 9.80 Å². The first-order valence-corrected chi connectivity index (χ1v) is 14.2. The summed E-state index contributed by atoms with van der Waals surface area (Å²) in [6.45, 7) is 3.87. The molecule has 0 spiro atoms. The Bertz CT molecular complexity index is 1690. The summed E-state index contributed by atoms with van der Waals surface area (Å²) >= 11 is 0. The van der Waals surface area contributed by atoms with Crippen LogP contribution in [-0.4, -0.2) is 29.9 Å². The monoisotopic (exact) mass is 554 g/mol. The third-order valence-electron chi connectivity index (χ3n) is 8.69. The highest BCUT2D eigenvalue weighted by Gasteiger charge is 2.65. The molecule has 42 heavy (non-hydrogen) atoms. The van der Waals surface area contributed by atoms with E-state index < -0.39 is 36.0 Å². The van der Waals surface area contributed by atoms with Gasteiger partial charge in [-0.3, -0.25) is 9.59 Å². The molecule has 3 aliphatic heterocycles. The zero-order valence-electron chi connectivity index (χ0n) is 23.4. The number of amides is 2. The number of fused-ring (bicyclic) bond motifs is 5. The summed E-state index contributed by atoms with van der Waals surface area (Å²) in [4.78, 5) is 46.1. The van der Waals surface area contributed by atoms with Crippen LogP contribution >= 0.6 is 0 Å². The lowest BCUT2D eigenvalue weighted by atomic mass is 9.88. The molecule has 6 nitrogen and oxygen atoms in total. The molecule has 2 saturated heterocycles. The number of carbonyl (C=O) groups excluding carboxylic acids is 3. The second-order valence-electron chi connectivity index (χ2n) is 11.3. The predicted octanol–water partition coefficient (Wildman–Crippen LogP) is 6.03. The topological polar surface area (TPSA) is 66.9 Å². The standard InChI is InChI=1S/C36H30N2O4/c1-22-17-19-27(23(2)21-22)38-34(39)30-29-20-18-24-11-9-10-16-28(24)37(29)32(31(30)35(38)40)36(41)42-33(25-12-5-3-6-13-25)26-14-7-4-8-15-26/h3-21,29-33H,1-2H3/t29-,30+,31+,32+/m1/s1. The SMILES string of the molecule is Cc1ccc(N2C(=O)[C@@H]3[C@H](C2=O)[C@@H](C(=O)OC(c2ccccc2)c2ccccc2)N2c4ccccc4C=C[C@H]32)c(C)c1. The Morgan fingerprint density at radius 1 is 0.738 bits per heavy atom. The summed E-state index contributed by atoms with van der Waals surface area (Å²) in [6.07, 6.45) is 3.27. The van der Waals surface area contributed by atoms with Crippen molar-refractivity contribution >= 4 is 35.2 Å². The minimum atomic E-state index is -0.978. The van der Waals surface area contributed by atoms with Crippen LogP contribution in [0.1, 0.15) is 33.9 Å². The molecule has 0 radical (unpaired) electrons. The maximum Gasteiger partial charge on any atom is 0.330 e. The molecule has 0 aromatic heterocycles. The Kier molecular flexibility index (Phi) is 6.27. The van der Waals surface area contributed by atoms with E-state index in [0.29, 0.717) is 5.69 Å². The molecule has 0 N–H and O–H groups in total. The average molecular weight is 555 g/mol. The van der Waals surface area contributed by atoms with E-state index >= 15 is 0 Å². The van der Waals surface area contributed by atoms with E-state index in [1.807, 2.05) is 134 Å². The van der Waals surface area contributed by atoms with Gasteiger partial charge in [-0.15, -0.1) is 0 Å². The van der Waals surface area contributed by atoms with Gasteiger partial charge in [0.05, 0.1) is 23.6 Å². The molecule has 4 atom stereocenters. The van der Waals surface area contributed by atoms with Crippen molar-refractivity contribution in [1.29, 1.82) is 0 Å². The maximum absolute atomic E-state index is 14.4. The number of para-hydroxylation sites is 1. The molecule has 4 aromatic carbocycles. The number of rotatable bonds is 5. The van der Waals surface area contributed by atoms with Gasteiger partial charge < -0.3 is 9.64 Å². The van der Waals surface area contributed by atoms with Gasteiger partial charge in [-0.05, 0) is 48.2 Å². The molecule has 3 heterocycles. The molecule has 7 rings (SSSR count). The Morgan fingerprint density at radius 3 is 2.02 bits per heavy atom. The highest BCUT2D eigenvalue weighted by atomic mass is 16.5. The second kappa shape index (κ2) is 10.1. The fourth-order valence-electron chi connectivity index (χ4n) is 6.85. The number of carbonyl (C=O) groups is 3. The Hall–Kier alpha value is -4.97. The van der Waals surface area contributed by atoms with Gasteiger partial charge in [-0.1, -0.05) is 109 Å². The summed E-state index contributed by atoms with van der Waals surface area (Å²) in [7, 11) is 0. The first-order valence-electron chi connectivity index (χ1n) is 14.2. The summed E-state index contributed by atoms with van der Waals surface area (Å²) in [5.41, 5.74) is 5.85. The van der Waals surface area contributed by atoms with Crippen molar-refractivity contribution in [2.24, 2.45) is 11.8 Å². The second-order valence-corrected chi connectivity index (χ2v) is 11.3. The molecule has 6 heteroatoms. The third-order valence-corrected chi connectivity index (χ3v) is 8.69. The number of hydrogen-bond donors (Lipinski definition) is 0. The van der Waals surface area contributed by atoms with E-state index in [4.69, 9.17) is 4.74 Å². The third kappa shape index (κ3) is 4.05. The minimum absolute atomic E-state index is 0.283. The van der Waals surface area contributed by atoms with Crippen LogP contribution in [0, 0.1) is 25.7 Å². The highest BCUT2D eigenvalue weighted by Crippen LogP contribution is 2.50. The number of anilines is 2. The Morgan fingerprint density at radius 2 is 1.36 bits per heavy atom. The van der Waals surface area contributed by atoms with Gasteiger partial charge in [0.15, 0.2) is 6.10 Å². The van der Waals surface area contributed by atoms with Crippen LogP contribution in [0.4, 0.5) is 11.4 Å². The van der Waals surface area contributed by atoms with E-state index in [1.54, 1.807) is 0 Å². The molecule has 2 amide bonds. The maximum atomic E-state index is 14.4. The van der Waals surface area contributed by atoms with Gasteiger partial charge in [0.1, 0.15) is 6.04 Å². The normalized spacial score (nSPS) is 22.3. The van der Waals surface area contributed by atoms with Gasteiger partial charge in [-0.25, -0.2) is 9.69 Å². The number of benzene rings is 4. The lowest BCUT2D eigenvalue weighted by Gasteiger charge is -2.36. The van der Waals surface area contributed by atoms with Gasteiger partial charge in [0, 0.05) is 5.69 Å². The molecule has 0 saturated carbocycles.